The van der Waals surface area contributed by atoms with Crippen LogP contribution in [0, 0.1) is 11.3 Å². The molecule has 0 fully saturated rings. The minimum absolute atomic E-state index is 0.0527. The van der Waals surface area contributed by atoms with Crippen molar-refractivity contribution in [2.75, 3.05) is 0 Å². The fraction of sp³-hybridized carbons (Fsp3) is 0.268. The van der Waals surface area contributed by atoms with E-state index in [4.69, 9.17) is 9.47 Å². The molecule has 4 nitrogen and oxygen atoms in total. The molecule has 0 amide bonds. The average molecular weight is 597 g/mol. The fourth-order valence-corrected chi connectivity index (χ4v) is 7.25. The van der Waals surface area contributed by atoms with Crippen molar-refractivity contribution in [3.05, 3.63) is 131 Å². The molecule has 45 heavy (non-hydrogen) atoms. The first kappa shape index (κ1) is 30.3. The molecule has 4 aromatic carbocycles. The van der Waals surface area contributed by atoms with E-state index in [1.165, 1.54) is 0 Å². The van der Waals surface area contributed by atoms with E-state index in [1.807, 2.05) is 24.3 Å². The topological polar surface area (TPSA) is 52.6 Å². The van der Waals surface area contributed by atoms with E-state index in [2.05, 4.69) is 108 Å². The van der Waals surface area contributed by atoms with Crippen LogP contribution in [0.2, 0.25) is 0 Å². The summed E-state index contributed by atoms with van der Waals surface area (Å²) in [6, 6.07) is 29.1. The van der Waals surface area contributed by atoms with Gasteiger partial charge in [0.2, 0.25) is 0 Å². The Morgan fingerprint density at radius 3 is 1.60 bits per heavy atom. The van der Waals surface area contributed by atoms with Gasteiger partial charge in [0.25, 0.3) is 0 Å². The molecule has 0 aliphatic heterocycles. The highest BCUT2D eigenvalue weighted by Crippen LogP contribution is 2.59. The van der Waals surface area contributed by atoms with E-state index >= 15 is 0 Å². The monoisotopic (exact) mass is 596 g/mol. The van der Waals surface area contributed by atoms with Crippen LogP contribution >= 0.6 is 0 Å². The summed E-state index contributed by atoms with van der Waals surface area (Å²) in [5, 5.41) is 0. The van der Waals surface area contributed by atoms with E-state index < -0.39 is 28.6 Å². The average Bonchev–Trinajstić information content (AvgIpc) is 3.45. The van der Waals surface area contributed by atoms with Crippen molar-refractivity contribution < 1.29 is 19.1 Å². The molecule has 4 aromatic rings. The molecule has 6 rings (SSSR count). The number of carbonyl (C=O) groups excluding carboxylic acids is 2. The SMILES string of the molecule is C=C(C)C(=O)OC1(C(C)C)c2ccccc2-c2ccc(-c3ccc4c(c3)C(OC(=O)C(=C)C)(C(C)(C)C)c3ccccc3-4)cc21. The van der Waals surface area contributed by atoms with E-state index in [0.29, 0.717) is 11.1 Å². The predicted octanol–water partition coefficient (Wildman–Crippen LogP) is 9.74. The third kappa shape index (κ3) is 4.34. The third-order valence-corrected chi connectivity index (χ3v) is 9.43. The summed E-state index contributed by atoms with van der Waals surface area (Å²) in [5.74, 6) is -0.890. The molecule has 0 N–H and O–H groups in total. The Balaban J connectivity index is 1.58. The lowest BCUT2D eigenvalue weighted by Crippen LogP contribution is -2.44. The summed E-state index contributed by atoms with van der Waals surface area (Å²) in [6.45, 7) is 21.6. The maximum Gasteiger partial charge on any atom is 0.334 e. The van der Waals surface area contributed by atoms with Crippen molar-refractivity contribution in [2.45, 2.75) is 59.7 Å². The van der Waals surface area contributed by atoms with Gasteiger partial charge in [-0.05, 0) is 59.4 Å². The number of benzene rings is 4. The highest BCUT2D eigenvalue weighted by molar-refractivity contribution is 5.92. The molecule has 228 valence electrons. The third-order valence-electron chi connectivity index (χ3n) is 9.43. The number of fused-ring (bicyclic) bond motifs is 6. The van der Waals surface area contributed by atoms with Gasteiger partial charge in [-0.1, -0.05) is 121 Å². The first-order valence-corrected chi connectivity index (χ1v) is 15.5. The molecular weight excluding hydrogens is 556 g/mol. The maximum atomic E-state index is 13.3. The number of esters is 2. The first-order chi connectivity index (χ1) is 21.2. The van der Waals surface area contributed by atoms with Gasteiger partial charge in [-0.2, -0.15) is 0 Å². The van der Waals surface area contributed by atoms with Gasteiger partial charge < -0.3 is 9.47 Å². The van der Waals surface area contributed by atoms with Crippen molar-refractivity contribution in [1.82, 2.24) is 0 Å². The molecule has 0 saturated carbocycles. The molecule has 2 aliphatic rings. The Hall–Kier alpha value is -4.70. The van der Waals surface area contributed by atoms with Crippen LogP contribution in [0.15, 0.2) is 109 Å². The lowest BCUT2D eigenvalue weighted by atomic mass is 9.70. The van der Waals surface area contributed by atoms with Gasteiger partial charge in [-0.3, -0.25) is 0 Å². The minimum Gasteiger partial charge on any atom is -0.446 e. The summed E-state index contributed by atoms with van der Waals surface area (Å²) in [7, 11) is 0. The summed E-state index contributed by atoms with van der Waals surface area (Å²) in [5.41, 5.74) is 8.21. The standard InChI is InChI=1S/C41H40O4/c1-24(2)37(42)44-40(26(5)6)33-16-12-10-14-29(33)31-20-18-27(22-35(31)40)28-19-21-32-30-15-11-13-17-34(30)41(36(32)23-28,39(7,8)9)45-38(43)25(3)4/h10-23,26H,1,3H2,2,4-9H3. The summed E-state index contributed by atoms with van der Waals surface area (Å²) < 4.78 is 12.9. The number of carbonyl (C=O) groups is 2. The zero-order valence-corrected chi connectivity index (χ0v) is 27.2. The zero-order valence-electron chi connectivity index (χ0n) is 27.2. The van der Waals surface area contributed by atoms with Gasteiger partial charge in [0.1, 0.15) is 0 Å². The predicted molar refractivity (Wildman–Crippen MR) is 180 cm³/mol. The van der Waals surface area contributed by atoms with Crippen molar-refractivity contribution in [2.24, 2.45) is 11.3 Å². The molecule has 0 spiro atoms. The fourth-order valence-electron chi connectivity index (χ4n) is 7.25. The number of rotatable bonds is 6. The van der Waals surface area contributed by atoms with Gasteiger partial charge in [0.05, 0.1) is 0 Å². The first-order valence-electron chi connectivity index (χ1n) is 15.5. The lowest BCUT2D eigenvalue weighted by Gasteiger charge is -2.43. The van der Waals surface area contributed by atoms with Gasteiger partial charge in [-0.25, -0.2) is 9.59 Å². The normalized spacial score (nSPS) is 19.3. The van der Waals surface area contributed by atoms with Gasteiger partial charge in [0.15, 0.2) is 11.2 Å². The van der Waals surface area contributed by atoms with Crippen LogP contribution in [-0.4, -0.2) is 11.9 Å². The molecular formula is C41H40O4. The van der Waals surface area contributed by atoms with Crippen LogP contribution in [0.4, 0.5) is 0 Å². The van der Waals surface area contributed by atoms with E-state index in [0.717, 1.165) is 55.6 Å². The number of hydrogen-bond acceptors (Lipinski definition) is 4. The Kier molecular flexibility index (Phi) is 7.04. The van der Waals surface area contributed by atoms with Crippen molar-refractivity contribution >= 4 is 11.9 Å². The molecule has 4 heteroatoms. The Bertz CT molecular complexity index is 1920. The second-order valence-electron chi connectivity index (χ2n) is 13.8. The highest BCUT2D eigenvalue weighted by Gasteiger charge is 2.55. The molecule has 0 aromatic heterocycles. The molecule has 2 aliphatic carbocycles. The van der Waals surface area contributed by atoms with Gasteiger partial charge in [-0.15, -0.1) is 0 Å². The van der Waals surface area contributed by atoms with E-state index in [-0.39, 0.29) is 5.92 Å². The lowest BCUT2D eigenvalue weighted by molar-refractivity contribution is -0.162. The van der Waals surface area contributed by atoms with Crippen molar-refractivity contribution in [1.29, 1.82) is 0 Å². The van der Waals surface area contributed by atoms with Gasteiger partial charge in [0, 0.05) is 44.7 Å². The van der Waals surface area contributed by atoms with Crippen molar-refractivity contribution in [3.8, 4) is 33.4 Å². The molecule has 0 bridgehead atoms. The number of hydrogen-bond donors (Lipinski definition) is 0. The quantitative estimate of drug-likeness (QED) is 0.164. The van der Waals surface area contributed by atoms with Gasteiger partial charge >= 0.3 is 11.9 Å². The van der Waals surface area contributed by atoms with Crippen LogP contribution in [0.1, 0.15) is 70.7 Å². The molecule has 0 radical (unpaired) electrons. The Labute approximate surface area is 266 Å². The second kappa shape index (κ2) is 10.4. The summed E-state index contributed by atoms with van der Waals surface area (Å²) in [4.78, 5) is 26.4. The smallest absolute Gasteiger partial charge is 0.334 e. The van der Waals surface area contributed by atoms with Crippen LogP contribution in [0.25, 0.3) is 33.4 Å². The molecule has 0 saturated heterocycles. The largest absolute Gasteiger partial charge is 0.446 e. The highest BCUT2D eigenvalue weighted by atomic mass is 16.6. The van der Waals surface area contributed by atoms with Crippen LogP contribution < -0.4 is 0 Å². The van der Waals surface area contributed by atoms with Crippen LogP contribution in [0.5, 0.6) is 0 Å². The van der Waals surface area contributed by atoms with Crippen LogP contribution in [0.3, 0.4) is 0 Å². The summed E-state index contributed by atoms with van der Waals surface area (Å²) in [6.07, 6.45) is 0. The van der Waals surface area contributed by atoms with E-state index in [9.17, 15) is 9.59 Å². The number of ether oxygens (including phenoxy) is 2. The Morgan fingerprint density at radius 1 is 0.622 bits per heavy atom. The minimum atomic E-state index is -1.03. The maximum absolute atomic E-state index is 13.3. The molecule has 2 unspecified atom stereocenters. The summed E-state index contributed by atoms with van der Waals surface area (Å²) >= 11 is 0. The van der Waals surface area contributed by atoms with Crippen LogP contribution in [-0.2, 0) is 30.3 Å². The molecule has 0 heterocycles. The Morgan fingerprint density at radius 2 is 1.07 bits per heavy atom. The second-order valence-corrected chi connectivity index (χ2v) is 13.8. The zero-order chi connectivity index (χ0) is 32.5. The molecule has 2 atom stereocenters. The van der Waals surface area contributed by atoms with Crippen molar-refractivity contribution in [3.63, 3.8) is 0 Å². The van der Waals surface area contributed by atoms with E-state index in [1.54, 1.807) is 13.8 Å².